The first-order chi connectivity index (χ1) is 10.1. The van der Waals surface area contributed by atoms with Crippen LogP contribution >= 0.6 is 0 Å². The Hall–Kier alpha value is -2.49. The number of hydrogen-bond donors (Lipinski definition) is 2. The number of ether oxygens (including phenoxy) is 1. The van der Waals surface area contributed by atoms with Crippen molar-refractivity contribution in [2.24, 2.45) is 0 Å². The SMILES string of the molecule is COc1cc(C)c(C2NC(=O)c3ccccc3N2)cc1C. The van der Waals surface area contributed by atoms with Crippen molar-refractivity contribution in [1.82, 2.24) is 5.32 Å². The van der Waals surface area contributed by atoms with E-state index in [9.17, 15) is 4.79 Å². The topological polar surface area (TPSA) is 50.4 Å². The fourth-order valence-corrected chi connectivity index (χ4v) is 2.71. The summed E-state index contributed by atoms with van der Waals surface area (Å²) in [5.41, 5.74) is 4.72. The highest BCUT2D eigenvalue weighted by molar-refractivity contribution is 6.01. The van der Waals surface area contributed by atoms with Crippen molar-refractivity contribution in [2.75, 3.05) is 12.4 Å². The average Bonchev–Trinajstić information content (AvgIpc) is 2.49. The molecule has 1 unspecified atom stereocenters. The van der Waals surface area contributed by atoms with E-state index < -0.39 is 0 Å². The quantitative estimate of drug-likeness (QED) is 0.889. The lowest BCUT2D eigenvalue weighted by atomic mass is 9.99. The standard InChI is InChI=1S/C17H18N2O2/c1-10-9-15(21-3)11(2)8-13(10)16-18-14-7-5-4-6-12(14)17(20)19-16/h4-9,16,18H,1-3H3,(H,19,20). The Balaban J connectivity index is 2.00. The smallest absolute Gasteiger partial charge is 0.255 e. The molecule has 4 nitrogen and oxygen atoms in total. The van der Waals surface area contributed by atoms with Crippen molar-refractivity contribution in [3.05, 3.63) is 58.7 Å². The first-order valence-corrected chi connectivity index (χ1v) is 6.91. The maximum atomic E-state index is 12.2. The lowest BCUT2D eigenvalue weighted by Gasteiger charge is -2.29. The summed E-state index contributed by atoms with van der Waals surface area (Å²) in [6, 6.07) is 11.6. The zero-order chi connectivity index (χ0) is 15.0. The van der Waals surface area contributed by atoms with Gasteiger partial charge in [-0.1, -0.05) is 12.1 Å². The van der Waals surface area contributed by atoms with Crippen LogP contribution in [-0.4, -0.2) is 13.0 Å². The van der Waals surface area contributed by atoms with Crippen LogP contribution in [0.3, 0.4) is 0 Å². The number of para-hydroxylation sites is 1. The maximum Gasteiger partial charge on any atom is 0.255 e. The van der Waals surface area contributed by atoms with E-state index in [0.29, 0.717) is 5.56 Å². The number of benzene rings is 2. The second kappa shape index (κ2) is 5.13. The Bertz CT molecular complexity index is 710. The Kier molecular flexibility index (Phi) is 3.29. The zero-order valence-electron chi connectivity index (χ0n) is 12.4. The molecule has 1 heterocycles. The fraction of sp³-hybridized carbons (Fsp3) is 0.235. The normalized spacial score (nSPS) is 16.7. The van der Waals surface area contributed by atoms with Gasteiger partial charge >= 0.3 is 0 Å². The maximum absolute atomic E-state index is 12.2. The van der Waals surface area contributed by atoms with E-state index in [2.05, 4.69) is 16.7 Å². The molecular weight excluding hydrogens is 264 g/mol. The Morgan fingerprint density at radius 3 is 2.57 bits per heavy atom. The minimum Gasteiger partial charge on any atom is -0.496 e. The number of aryl methyl sites for hydroxylation is 2. The number of amides is 1. The summed E-state index contributed by atoms with van der Waals surface area (Å²) in [6.07, 6.45) is -0.225. The number of hydrogen-bond acceptors (Lipinski definition) is 3. The van der Waals surface area contributed by atoms with Gasteiger partial charge in [0, 0.05) is 5.69 Å². The van der Waals surface area contributed by atoms with Crippen molar-refractivity contribution in [1.29, 1.82) is 0 Å². The van der Waals surface area contributed by atoms with Crippen LogP contribution in [0.2, 0.25) is 0 Å². The van der Waals surface area contributed by atoms with Crippen molar-refractivity contribution in [2.45, 2.75) is 20.0 Å². The molecule has 0 saturated heterocycles. The Morgan fingerprint density at radius 1 is 1.05 bits per heavy atom. The van der Waals surface area contributed by atoms with Crippen molar-refractivity contribution < 1.29 is 9.53 Å². The molecule has 0 saturated carbocycles. The van der Waals surface area contributed by atoms with Crippen molar-refractivity contribution in [3.8, 4) is 5.75 Å². The Morgan fingerprint density at radius 2 is 1.81 bits per heavy atom. The van der Waals surface area contributed by atoms with Gasteiger partial charge in [-0.3, -0.25) is 4.79 Å². The van der Waals surface area contributed by atoms with Crippen molar-refractivity contribution in [3.63, 3.8) is 0 Å². The number of rotatable bonds is 2. The van der Waals surface area contributed by atoms with E-state index in [-0.39, 0.29) is 12.1 Å². The molecule has 1 amide bonds. The molecule has 1 atom stereocenters. The molecule has 0 aliphatic carbocycles. The minimum absolute atomic E-state index is 0.0535. The van der Waals surface area contributed by atoms with Gasteiger partial charge in [-0.25, -0.2) is 0 Å². The van der Waals surface area contributed by atoms with Gasteiger partial charge in [0.25, 0.3) is 5.91 Å². The van der Waals surface area contributed by atoms with E-state index in [0.717, 1.165) is 28.1 Å². The third-order valence-electron chi connectivity index (χ3n) is 3.84. The largest absolute Gasteiger partial charge is 0.496 e. The molecule has 2 aromatic rings. The first-order valence-electron chi connectivity index (χ1n) is 6.91. The van der Waals surface area contributed by atoms with Gasteiger partial charge in [0.05, 0.1) is 12.7 Å². The molecule has 2 N–H and O–H groups in total. The third kappa shape index (κ3) is 2.33. The second-order valence-electron chi connectivity index (χ2n) is 5.27. The highest BCUT2D eigenvalue weighted by atomic mass is 16.5. The van der Waals surface area contributed by atoms with E-state index in [1.165, 1.54) is 0 Å². The number of carbonyl (C=O) groups is 1. The summed E-state index contributed by atoms with van der Waals surface area (Å²) in [5.74, 6) is 0.806. The Labute approximate surface area is 124 Å². The van der Waals surface area contributed by atoms with Crippen molar-refractivity contribution >= 4 is 11.6 Å². The van der Waals surface area contributed by atoms with Gasteiger partial charge in [-0.05, 0) is 54.8 Å². The zero-order valence-corrected chi connectivity index (χ0v) is 12.4. The summed E-state index contributed by atoms with van der Waals surface area (Å²) in [5, 5.41) is 6.38. The summed E-state index contributed by atoms with van der Waals surface area (Å²) in [4.78, 5) is 12.2. The van der Waals surface area contributed by atoms with Gasteiger partial charge in [0.1, 0.15) is 11.9 Å². The number of methoxy groups -OCH3 is 1. The van der Waals surface area contributed by atoms with Crippen LogP contribution < -0.4 is 15.4 Å². The number of fused-ring (bicyclic) bond motifs is 1. The summed E-state index contributed by atoms with van der Waals surface area (Å²) in [6.45, 7) is 4.02. The molecule has 21 heavy (non-hydrogen) atoms. The first kappa shape index (κ1) is 13.5. The molecule has 0 spiro atoms. The molecule has 0 bridgehead atoms. The molecule has 3 rings (SSSR count). The lowest BCUT2D eigenvalue weighted by molar-refractivity contribution is 0.0935. The van der Waals surface area contributed by atoms with Crippen LogP contribution in [-0.2, 0) is 0 Å². The van der Waals surface area contributed by atoms with Gasteiger partial charge in [-0.15, -0.1) is 0 Å². The monoisotopic (exact) mass is 282 g/mol. The van der Waals surface area contributed by atoms with Crippen LogP contribution in [0.15, 0.2) is 36.4 Å². The van der Waals surface area contributed by atoms with Gasteiger partial charge in [0.15, 0.2) is 0 Å². The van der Waals surface area contributed by atoms with Gasteiger partial charge in [-0.2, -0.15) is 0 Å². The summed E-state index contributed by atoms with van der Waals surface area (Å²) < 4.78 is 5.34. The highest BCUT2D eigenvalue weighted by Gasteiger charge is 2.25. The van der Waals surface area contributed by atoms with Crippen LogP contribution in [0.4, 0.5) is 5.69 Å². The molecule has 0 radical (unpaired) electrons. The molecular formula is C17H18N2O2. The molecule has 2 aromatic carbocycles. The van der Waals surface area contributed by atoms with E-state index in [4.69, 9.17) is 4.74 Å². The predicted octanol–water partition coefficient (Wildman–Crippen LogP) is 3.17. The summed E-state index contributed by atoms with van der Waals surface area (Å²) in [7, 11) is 1.67. The molecule has 108 valence electrons. The third-order valence-corrected chi connectivity index (χ3v) is 3.84. The lowest BCUT2D eigenvalue weighted by Crippen LogP contribution is -2.38. The van der Waals surface area contributed by atoms with E-state index in [1.807, 2.05) is 44.2 Å². The second-order valence-corrected chi connectivity index (χ2v) is 5.27. The van der Waals surface area contributed by atoms with Gasteiger partial charge in [0.2, 0.25) is 0 Å². The molecule has 0 fully saturated rings. The van der Waals surface area contributed by atoms with Crippen LogP contribution in [0.25, 0.3) is 0 Å². The highest BCUT2D eigenvalue weighted by Crippen LogP contribution is 2.31. The van der Waals surface area contributed by atoms with Gasteiger partial charge < -0.3 is 15.4 Å². The van der Waals surface area contributed by atoms with Crippen LogP contribution in [0.5, 0.6) is 5.75 Å². The number of nitrogens with one attached hydrogen (secondary N) is 2. The molecule has 4 heteroatoms. The average molecular weight is 282 g/mol. The van der Waals surface area contributed by atoms with Crippen LogP contribution in [0, 0.1) is 13.8 Å². The van der Waals surface area contributed by atoms with E-state index >= 15 is 0 Å². The number of carbonyl (C=O) groups excluding carboxylic acids is 1. The molecule has 1 aliphatic heterocycles. The fourth-order valence-electron chi connectivity index (χ4n) is 2.71. The molecule has 1 aliphatic rings. The molecule has 0 aromatic heterocycles. The van der Waals surface area contributed by atoms with Crippen LogP contribution in [0.1, 0.15) is 33.2 Å². The minimum atomic E-state index is -0.225. The predicted molar refractivity (Wildman–Crippen MR) is 82.7 cm³/mol. The number of anilines is 1. The van der Waals surface area contributed by atoms with E-state index in [1.54, 1.807) is 7.11 Å². The summed E-state index contributed by atoms with van der Waals surface area (Å²) >= 11 is 0.